The second-order valence-corrected chi connectivity index (χ2v) is 9.41. The van der Waals surface area contributed by atoms with E-state index in [1.807, 2.05) is 48.5 Å². The van der Waals surface area contributed by atoms with Crippen molar-refractivity contribution in [1.82, 2.24) is 4.57 Å². The Bertz CT molecular complexity index is 1570. The molecule has 0 aliphatic rings. The largest absolute Gasteiger partial charge is 0.366 e. The molecule has 0 aliphatic heterocycles. The van der Waals surface area contributed by atoms with E-state index in [2.05, 4.69) is 10.6 Å². The number of amides is 1. The number of benzene rings is 4. The summed E-state index contributed by atoms with van der Waals surface area (Å²) in [4.78, 5) is 12.2. The van der Waals surface area contributed by atoms with Gasteiger partial charge in [0.25, 0.3) is 0 Å². The molecular weight excluding hydrogens is 498 g/mol. The predicted molar refractivity (Wildman–Crippen MR) is 139 cm³/mol. The van der Waals surface area contributed by atoms with Crippen molar-refractivity contribution in [2.75, 3.05) is 0 Å². The lowest BCUT2D eigenvalue weighted by Crippen LogP contribution is -2.11. The van der Waals surface area contributed by atoms with Gasteiger partial charge in [-0.3, -0.25) is 4.79 Å². The van der Waals surface area contributed by atoms with Crippen molar-refractivity contribution in [2.45, 2.75) is 6.54 Å². The number of nitrogens with zero attached hydrogens (tertiary/aromatic N) is 1. The highest BCUT2D eigenvalue weighted by Crippen LogP contribution is 2.37. The lowest BCUT2D eigenvalue weighted by atomic mass is 10.0. The first-order valence-electron chi connectivity index (χ1n) is 10.1. The van der Waals surface area contributed by atoms with Crippen molar-refractivity contribution in [3.8, 4) is 11.1 Å². The fourth-order valence-corrected chi connectivity index (χ4v) is 5.07. The zero-order chi connectivity index (χ0) is 23.3. The lowest BCUT2D eigenvalue weighted by Gasteiger charge is -2.11. The van der Waals surface area contributed by atoms with Crippen LogP contribution in [0.1, 0.15) is 15.9 Å². The Morgan fingerprint density at radius 1 is 0.788 bits per heavy atom. The number of carbonyl (C=O) groups is 1. The van der Waals surface area contributed by atoms with Crippen molar-refractivity contribution >= 4 is 74.1 Å². The number of rotatable bonds is 4. The monoisotopic (exact) mass is 512 g/mol. The van der Waals surface area contributed by atoms with Crippen LogP contribution in [0.5, 0.6) is 0 Å². The minimum atomic E-state index is -0.473. The van der Waals surface area contributed by atoms with E-state index in [4.69, 9.17) is 52.1 Å². The molecule has 0 radical (unpaired) electrons. The Balaban J connectivity index is 1.80. The summed E-state index contributed by atoms with van der Waals surface area (Å²) < 4.78 is 2.14. The zero-order valence-electron chi connectivity index (χ0n) is 17.1. The Labute approximate surface area is 210 Å². The number of hydrogen-bond donors (Lipinski definition) is 1. The van der Waals surface area contributed by atoms with Crippen LogP contribution < -0.4 is 5.73 Å². The number of aromatic nitrogens is 1. The first-order valence-corrected chi connectivity index (χ1v) is 11.6. The molecule has 0 fully saturated rings. The third kappa shape index (κ3) is 3.96. The SMILES string of the molecule is NC(=O)c1cccc2c1c1ccc(-c3ccc(Cl)cc3Cl)cc1n2Cc1ccc(Cl)c(Cl)c1. The number of carbonyl (C=O) groups excluding carboxylic acids is 1. The topological polar surface area (TPSA) is 48.0 Å². The van der Waals surface area contributed by atoms with E-state index >= 15 is 0 Å². The second kappa shape index (κ2) is 8.58. The van der Waals surface area contributed by atoms with Crippen LogP contribution in [0.2, 0.25) is 20.1 Å². The first kappa shape index (κ1) is 22.1. The van der Waals surface area contributed by atoms with Gasteiger partial charge in [0.15, 0.2) is 0 Å². The minimum absolute atomic E-state index is 0.473. The molecule has 0 bridgehead atoms. The van der Waals surface area contributed by atoms with E-state index in [-0.39, 0.29) is 0 Å². The maximum absolute atomic E-state index is 12.2. The molecule has 0 saturated carbocycles. The average Bonchev–Trinajstić information content (AvgIpc) is 3.09. The van der Waals surface area contributed by atoms with Crippen molar-refractivity contribution in [3.05, 3.63) is 104 Å². The van der Waals surface area contributed by atoms with Crippen LogP contribution >= 0.6 is 46.4 Å². The van der Waals surface area contributed by atoms with E-state index in [1.165, 1.54) is 0 Å². The van der Waals surface area contributed by atoms with Gasteiger partial charge in [0.2, 0.25) is 5.91 Å². The van der Waals surface area contributed by atoms with Crippen LogP contribution in [-0.4, -0.2) is 10.5 Å². The third-order valence-electron chi connectivity index (χ3n) is 5.72. The molecule has 0 saturated heterocycles. The third-order valence-corrected chi connectivity index (χ3v) is 7.01. The predicted octanol–water partition coefficient (Wildman–Crippen LogP) is 8.22. The summed E-state index contributed by atoms with van der Waals surface area (Å²) in [5, 5.41) is 3.86. The van der Waals surface area contributed by atoms with E-state index in [0.717, 1.165) is 38.5 Å². The number of halogens is 4. The molecule has 1 amide bonds. The molecule has 0 aliphatic carbocycles. The second-order valence-electron chi connectivity index (χ2n) is 7.75. The Morgan fingerprint density at radius 2 is 1.61 bits per heavy atom. The molecule has 4 aromatic carbocycles. The Morgan fingerprint density at radius 3 is 2.33 bits per heavy atom. The maximum Gasteiger partial charge on any atom is 0.249 e. The molecule has 7 heteroatoms. The molecular formula is C26H16Cl4N2O. The van der Waals surface area contributed by atoms with E-state index in [9.17, 15) is 4.79 Å². The molecule has 1 aromatic heterocycles. The Kier molecular flexibility index (Phi) is 5.75. The maximum atomic E-state index is 12.2. The minimum Gasteiger partial charge on any atom is -0.366 e. The molecule has 0 unspecified atom stereocenters. The van der Waals surface area contributed by atoms with Crippen LogP contribution in [0.4, 0.5) is 0 Å². The number of primary amides is 1. The van der Waals surface area contributed by atoms with Crippen LogP contribution in [0.25, 0.3) is 32.9 Å². The van der Waals surface area contributed by atoms with Gasteiger partial charge in [-0.1, -0.05) is 76.7 Å². The molecule has 2 N–H and O–H groups in total. The van der Waals surface area contributed by atoms with Crippen LogP contribution in [-0.2, 0) is 6.54 Å². The van der Waals surface area contributed by atoms with Crippen molar-refractivity contribution in [3.63, 3.8) is 0 Å². The molecule has 1 heterocycles. The normalized spacial score (nSPS) is 11.4. The molecule has 164 valence electrons. The van der Waals surface area contributed by atoms with Crippen LogP contribution in [0.15, 0.2) is 72.8 Å². The summed E-state index contributed by atoms with van der Waals surface area (Å²) in [6, 6.07) is 22.6. The smallest absolute Gasteiger partial charge is 0.249 e. The Hall–Kier alpha value is -2.69. The zero-order valence-corrected chi connectivity index (χ0v) is 20.1. The number of fused-ring (bicyclic) bond motifs is 3. The van der Waals surface area contributed by atoms with Gasteiger partial charge in [0, 0.05) is 38.5 Å². The van der Waals surface area contributed by atoms with Crippen molar-refractivity contribution in [2.24, 2.45) is 5.73 Å². The summed E-state index contributed by atoms with van der Waals surface area (Å²) >= 11 is 24.9. The van der Waals surface area contributed by atoms with E-state index < -0.39 is 5.91 Å². The fraction of sp³-hybridized carbons (Fsp3) is 0.0385. The standard InChI is InChI=1S/C26H16Cl4N2O/c27-16-6-8-17(21(29)12-16)15-5-7-18-24(11-15)32(13-14-4-9-20(28)22(30)10-14)23-3-1-2-19(25(18)23)26(31)33/h1-12H,13H2,(H2,31,33). The highest BCUT2D eigenvalue weighted by atomic mass is 35.5. The molecule has 5 aromatic rings. The fourth-order valence-electron chi connectivity index (χ4n) is 4.23. The molecule has 5 rings (SSSR count). The van der Waals surface area contributed by atoms with E-state index in [1.54, 1.807) is 18.2 Å². The van der Waals surface area contributed by atoms with Crippen LogP contribution in [0.3, 0.4) is 0 Å². The summed E-state index contributed by atoms with van der Waals surface area (Å²) in [7, 11) is 0. The highest BCUT2D eigenvalue weighted by molar-refractivity contribution is 6.42. The highest BCUT2D eigenvalue weighted by Gasteiger charge is 2.18. The number of hydrogen-bond acceptors (Lipinski definition) is 1. The van der Waals surface area contributed by atoms with Gasteiger partial charge < -0.3 is 10.3 Å². The summed E-state index contributed by atoms with van der Waals surface area (Å²) in [5.41, 5.74) is 10.8. The summed E-state index contributed by atoms with van der Waals surface area (Å²) in [6.45, 7) is 0.525. The van der Waals surface area contributed by atoms with Gasteiger partial charge >= 0.3 is 0 Å². The van der Waals surface area contributed by atoms with Gasteiger partial charge in [-0.2, -0.15) is 0 Å². The van der Waals surface area contributed by atoms with Gasteiger partial charge in [0.05, 0.1) is 21.1 Å². The van der Waals surface area contributed by atoms with Gasteiger partial charge in [-0.15, -0.1) is 0 Å². The van der Waals surface area contributed by atoms with Gasteiger partial charge in [-0.05, 0) is 53.6 Å². The summed E-state index contributed by atoms with van der Waals surface area (Å²) in [6.07, 6.45) is 0. The van der Waals surface area contributed by atoms with E-state index in [0.29, 0.717) is 32.2 Å². The lowest BCUT2D eigenvalue weighted by molar-refractivity contribution is 0.100. The quantitative estimate of drug-likeness (QED) is 0.258. The molecule has 3 nitrogen and oxygen atoms in total. The number of nitrogens with two attached hydrogens (primary N) is 1. The first-order chi connectivity index (χ1) is 15.8. The molecule has 33 heavy (non-hydrogen) atoms. The average molecular weight is 514 g/mol. The van der Waals surface area contributed by atoms with Gasteiger partial charge in [0.1, 0.15) is 0 Å². The van der Waals surface area contributed by atoms with Crippen molar-refractivity contribution in [1.29, 1.82) is 0 Å². The van der Waals surface area contributed by atoms with Crippen molar-refractivity contribution < 1.29 is 4.79 Å². The van der Waals surface area contributed by atoms with Gasteiger partial charge in [-0.25, -0.2) is 0 Å². The summed E-state index contributed by atoms with van der Waals surface area (Å²) in [5.74, 6) is -0.473. The van der Waals surface area contributed by atoms with Crippen LogP contribution in [0, 0.1) is 0 Å². The molecule has 0 spiro atoms. The molecule has 0 atom stereocenters.